The van der Waals surface area contributed by atoms with Gasteiger partial charge >= 0.3 is 0 Å². The first-order chi connectivity index (χ1) is 11.8. The lowest BCUT2D eigenvalue weighted by atomic mass is 10.1. The number of ether oxygens (including phenoxy) is 1. The Kier molecular flexibility index (Phi) is 7.73. The van der Waals surface area contributed by atoms with E-state index in [1.165, 1.54) is 5.56 Å². The smallest absolute Gasteiger partial charge is 0.194 e. The Balaban J connectivity index is 0.00000225. The molecule has 3 N–H and O–H groups in total. The zero-order chi connectivity index (χ0) is 16.8. The number of aliphatic imine (C=N–C) groups is 1. The van der Waals surface area contributed by atoms with Crippen LogP contribution >= 0.6 is 24.0 Å². The second-order valence-corrected chi connectivity index (χ2v) is 5.75. The van der Waals surface area contributed by atoms with E-state index in [1.54, 1.807) is 12.1 Å². The number of nitrogens with zero attached hydrogens (tertiary/aromatic N) is 2. The van der Waals surface area contributed by atoms with Gasteiger partial charge in [0, 0.05) is 19.6 Å². The van der Waals surface area contributed by atoms with Crippen LogP contribution in [-0.2, 0) is 11.3 Å². The molecule has 1 aliphatic rings. The van der Waals surface area contributed by atoms with Crippen molar-refractivity contribution >= 4 is 40.7 Å². The van der Waals surface area contributed by atoms with Crippen LogP contribution in [0.4, 0.5) is 0 Å². The van der Waals surface area contributed by atoms with Gasteiger partial charge < -0.3 is 25.2 Å². The van der Waals surface area contributed by atoms with Gasteiger partial charge in [0.25, 0.3) is 0 Å². The maximum atomic E-state index is 9.52. The van der Waals surface area contributed by atoms with E-state index >= 15 is 0 Å². The summed E-state index contributed by atoms with van der Waals surface area (Å²) in [5.74, 6) is 1.18. The minimum Gasteiger partial charge on any atom is -0.508 e. The number of aliphatic hydroxyl groups is 1. The Labute approximate surface area is 164 Å². The maximum Gasteiger partial charge on any atom is 0.194 e. The molecule has 2 aromatic carbocycles. The number of aliphatic hydroxyl groups excluding tert-OH is 1. The van der Waals surface area contributed by atoms with Crippen molar-refractivity contribution in [3.8, 4) is 5.75 Å². The molecule has 0 atom stereocenters. The fourth-order valence-electron chi connectivity index (χ4n) is 2.78. The van der Waals surface area contributed by atoms with Crippen LogP contribution in [0.5, 0.6) is 5.75 Å². The molecule has 0 saturated heterocycles. The van der Waals surface area contributed by atoms with Gasteiger partial charge in [0.1, 0.15) is 5.75 Å². The Hall–Kier alpha value is -1.58. The lowest BCUT2D eigenvalue weighted by Crippen LogP contribution is -2.40. The Morgan fingerprint density at radius 1 is 1.12 bits per heavy atom. The molecule has 7 heteroatoms. The van der Waals surface area contributed by atoms with Gasteiger partial charge in [0.2, 0.25) is 0 Å². The average molecular weight is 457 g/mol. The number of rotatable bonds is 7. The van der Waals surface area contributed by atoms with E-state index in [2.05, 4.69) is 27.3 Å². The Morgan fingerprint density at radius 3 is 2.76 bits per heavy atom. The van der Waals surface area contributed by atoms with Crippen molar-refractivity contribution in [2.45, 2.75) is 6.54 Å². The maximum absolute atomic E-state index is 9.52. The summed E-state index contributed by atoms with van der Waals surface area (Å²) in [6.45, 7) is 4.16. The summed E-state index contributed by atoms with van der Waals surface area (Å²) in [5, 5.41) is 23.8. The molecule has 0 aromatic heterocycles. The molecule has 0 radical (unpaired) electrons. The standard InChI is InChI=1S/C18H23N3O3.HI/c22-8-10-24-9-7-21-6-5-19-18(21)20-13-14-1-2-16-12-17(23)4-3-15(16)11-14;/h1-4,11-12,22-23H,5-10,13H2,(H,19,20);1H. The molecule has 0 amide bonds. The molecule has 0 saturated carbocycles. The van der Waals surface area contributed by atoms with Crippen LogP contribution in [-0.4, -0.2) is 60.5 Å². The summed E-state index contributed by atoms with van der Waals surface area (Å²) in [6.07, 6.45) is 0. The van der Waals surface area contributed by atoms with Crippen LogP contribution in [0.2, 0.25) is 0 Å². The molecule has 0 fully saturated rings. The van der Waals surface area contributed by atoms with E-state index in [4.69, 9.17) is 9.84 Å². The minimum atomic E-state index is 0. The number of benzene rings is 2. The molecule has 0 spiro atoms. The van der Waals surface area contributed by atoms with Crippen molar-refractivity contribution in [1.82, 2.24) is 10.2 Å². The van der Waals surface area contributed by atoms with Crippen LogP contribution in [0.25, 0.3) is 10.8 Å². The first-order valence-corrected chi connectivity index (χ1v) is 8.20. The van der Waals surface area contributed by atoms with Gasteiger partial charge in [-0.25, -0.2) is 0 Å². The fraction of sp³-hybridized carbons (Fsp3) is 0.389. The zero-order valence-corrected chi connectivity index (χ0v) is 16.3. The normalized spacial score (nSPS) is 13.6. The number of phenolic OH excluding ortho intramolecular Hbond substituents is 1. The Bertz CT molecular complexity index is 724. The van der Waals surface area contributed by atoms with E-state index in [9.17, 15) is 5.11 Å². The molecule has 2 aromatic rings. The number of hydrogen-bond acceptors (Lipinski definition) is 6. The fourth-order valence-corrected chi connectivity index (χ4v) is 2.78. The molecule has 1 aliphatic heterocycles. The van der Waals surface area contributed by atoms with Gasteiger partial charge in [0.05, 0.1) is 26.4 Å². The molecular formula is C18H24IN3O3. The summed E-state index contributed by atoms with van der Waals surface area (Å²) >= 11 is 0. The molecule has 0 unspecified atom stereocenters. The first kappa shape index (κ1) is 19.7. The van der Waals surface area contributed by atoms with Crippen molar-refractivity contribution in [1.29, 1.82) is 0 Å². The largest absolute Gasteiger partial charge is 0.508 e. The van der Waals surface area contributed by atoms with Crippen molar-refractivity contribution in [3.63, 3.8) is 0 Å². The van der Waals surface area contributed by atoms with Crippen molar-refractivity contribution in [3.05, 3.63) is 42.0 Å². The van der Waals surface area contributed by atoms with E-state index < -0.39 is 0 Å². The molecule has 1 heterocycles. The number of phenols is 1. The van der Waals surface area contributed by atoms with Gasteiger partial charge in [-0.05, 0) is 34.5 Å². The van der Waals surface area contributed by atoms with Crippen LogP contribution in [0.1, 0.15) is 5.56 Å². The van der Waals surface area contributed by atoms with Crippen molar-refractivity contribution in [2.24, 2.45) is 4.99 Å². The number of aromatic hydroxyl groups is 1. The number of guanidine groups is 1. The molecule has 0 bridgehead atoms. The van der Waals surface area contributed by atoms with Crippen molar-refractivity contribution in [2.75, 3.05) is 39.5 Å². The summed E-state index contributed by atoms with van der Waals surface area (Å²) < 4.78 is 5.32. The summed E-state index contributed by atoms with van der Waals surface area (Å²) in [7, 11) is 0. The van der Waals surface area contributed by atoms with E-state index in [0.717, 1.165) is 36.4 Å². The molecule has 0 aliphatic carbocycles. The number of halogens is 1. The lowest BCUT2D eigenvalue weighted by Gasteiger charge is -2.21. The quantitative estimate of drug-likeness (QED) is 0.438. The van der Waals surface area contributed by atoms with Gasteiger partial charge in [-0.15, -0.1) is 24.0 Å². The lowest BCUT2D eigenvalue weighted by molar-refractivity contribution is 0.0849. The second kappa shape index (κ2) is 9.79. The molecule has 3 rings (SSSR count). The third-order valence-electron chi connectivity index (χ3n) is 4.01. The number of hydrogen-bond donors (Lipinski definition) is 3. The predicted molar refractivity (Wildman–Crippen MR) is 110 cm³/mol. The van der Waals surface area contributed by atoms with Crippen molar-refractivity contribution < 1.29 is 14.9 Å². The molecular weight excluding hydrogens is 433 g/mol. The zero-order valence-electron chi connectivity index (χ0n) is 14.0. The predicted octanol–water partition coefficient (Wildman–Crippen LogP) is 1.93. The number of nitrogens with one attached hydrogen (secondary N) is 1. The van der Waals surface area contributed by atoms with Crippen LogP contribution in [0.3, 0.4) is 0 Å². The molecule has 25 heavy (non-hydrogen) atoms. The highest BCUT2D eigenvalue weighted by Crippen LogP contribution is 2.21. The van der Waals surface area contributed by atoms with E-state index in [0.29, 0.717) is 19.8 Å². The minimum absolute atomic E-state index is 0. The van der Waals surface area contributed by atoms with Crippen LogP contribution < -0.4 is 5.32 Å². The van der Waals surface area contributed by atoms with Gasteiger partial charge in [-0.1, -0.05) is 18.2 Å². The summed E-state index contributed by atoms with van der Waals surface area (Å²) in [4.78, 5) is 6.66. The second-order valence-electron chi connectivity index (χ2n) is 5.75. The van der Waals surface area contributed by atoms with Gasteiger partial charge in [-0.2, -0.15) is 0 Å². The number of fused-ring (bicyclic) bond motifs is 1. The van der Waals surface area contributed by atoms with Crippen LogP contribution in [0.15, 0.2) is 41.4 Å². The van der Waals surface area contributed by atoms with E-state index in [1.807, 2.05) is 12.1 Å². The SMILES string of the molecule is I.OCCOCCN1CCN=C1NCc1ccc2cc(O)ccc2c1. The summed E-state index contributed by atoms with van der Waals surface area (Å²) in [5.41, 5.74) is 1.17. The topological polar surface area (TPSA) is 77.3 Å². The summed E-state index contributed by atoms with van der Waals surface area (Å²) in [6, 6.07) is 11.6. The highest BCUT2D eigenvalue weighted by Gasteiger charge is 2.16. The highest BCUT2D eigenvalue weighted by atomic mass is 127. The molecule has 6 nitrogen and oxygen atoms in total. The average Bonchev–Trinajstić information content (AvgIpc) is 3.04. The van der Waals surface area contributed by atoms with Gasteiger partial charge in [0.15, 0.2) is 5.96 Å². The first-order valence-electron chi connectivity index (χ1n) is 8.20. The van der Waals surface area contributed by atoms with Gasteiger partial charge in [-0.3, -0.25) is 4.99 Å². The third-order valence-corrected chi connectivity index (χ3v) is 4.01. The Morgan fingerprint density at radius 2 is 1.92 bits per heavy atom. The van der Waals surface area contributed by atoms with Crippen LogP contribution in [0, 0.1) is 0 Å². The third kappa shape index (κ3) is 5.45. The molecule has 136 valence electrons. The van der Waals surface area contributed by atoms with E-state index in [-0.39, 0.29) is 36.3 Å². The highest BCUT2D eigenvalue weighted by molar-refractivity contribution is 14.0. The monoisotopic (exact) mass is 457 g/mol.